The van der Waals surface area contributed by atoms with Crippen LogP contribution in [0.25, 0.3) is 0 Å². The standard InChI is InChI=1S/C18H23N3O3S/c1-14-7-8-17(15(2)12-14)25(23,24)20-11-9-18(22)21(3)13-16-6-4-5-10-19-16/h4-8,10,12,20H,9,11,13H2,1-3H3. The van der Waals surface area contributed by atoms with Crippen molar-refractivity contribution in [2.75, 3.05) is 13.6 Å². The van der Waals surface area contributed by atoms with Crippen molar-refractivity contribution in [3.63, 3.8) is 0 Å². The first-order chi connectivity index (χ1) is 11.8. The zero-order valence-electron chi connectivity index (χ0n) is 14.7. The Morgan fingerprint density at radius 1 is 1.20 bits per heavy atom. The molecule has 0 aliphatic rings. The first kappa shape index (κ1) is 19.1. The molecule has 0 unspecified atom stereocenters. The van der Waals surface area contributed by atoms with E-state index in [0.717, 1.165) is 11.3 Å². The van der Waals surface area contributed by atoms with Crippen LogP contribution >= 0.6 is 0 Å². The molecule has 1 aromatic heterocycles. The fourth-order valence-corrected chi connectivity index (χ4v) is 3.74. The Morgan fingerprint density at radius 3 is 2.60 bits per heavy atom. The first-order valence-electron chi connectivity index (χ1n) is 8.00. The molecule has 1 heterocycles. The Kier molecular flexibility index (Phi) is 6.27. The Hall–Kier alpha value is -2.25. The van der Waals surface area contributed by atoms with E-state index in [2.05, 4.69) is 9.71 Å². The van der Waals surface area contributed by atoms with Crippen LogP contribution in [0.2, 0.25) is 0 Å². The van der Waals surface area contributed by atoms with Crippen LogP contribution in [0.4, 0.5) is 0 Å². The minimum atomic E-state index is -3.62. The van der Waals surface area contributed by atoms with Gasteiger partial charge in [0.25, 0.3) is 0 Å². The number of carbonyl (C=O) groups is 1. The first-order valence-corrected chi connectivity index (χ1v) is 9.49. The van der Waals surface area contributed by atoms with E-state index >= 15 is 0 Å². The molecule has 0 saturated heterocycles. The van der Waals surface area contributed by atoms with Gasteiger partial charge in [-0.3, -0.25) is 9.78 Å². The van der Waals surface area contributed by atoms with Gasteiger partial charge in [0.05, 0.1) is 17.1 Å². The van der Waals surface area contributed by atoms with Crippen LogP contribution in [0.3, 0.4) is 0 Å². The van der Waals surface area contributed by atoms with Crippen molar-refractivity contribution >= 4 is 15.9 Å². The van der Waals surface area contributed by atoms with Gasteiger partial charge in [-0.15, -0.1) is 0 Å². The number of aromatic nitrogens is 1. The number of nitrogens with one attached hydrogen (secondary N) is 1. The lowest BCUT2D eigenvalue weighted by atomic mass is 10.2. The second-order valence-corrected chi connectivity index (χ2v) is 7.72. The van der Waals surface area contributed by atoms with Gasteiger partial charge in [0, 0.05) is 26.2 Å². The maximum atomic E-state index is 12.4. The largest absolute Gasteiger partial charge is 0.340 e. The molecule has 0 saturated carbocycles. The zero-order valence-corrected chi connectivity index (χ0v) is 15.5. The van der Waals surface area contributed by atoms with Gasteiger partial charge in [0.1, 0.15) is 0 Å². The van der Waals surface area contributed by atoms with Gasteiger partial charge in [-0.2, -0.15) is 0 Å². The lowest BCUT2D eigenvalue weighted by Gasteiger charge is -2.17. The van der Waals surface area contributed by atoms with E-state index in [4.69, 9.17) is 0 Å². The monoisotopic (exact) mass is 361 g/mol. The molecule has 2 aromatic rings. The van der Waals surface area contributed by atoms with Crippen molar-refractivity contribution in [3.8, 4) is 0 Å². The van der Waals surface area contributed by atoms with E-state index in [1.54, 1.807) is 32.3 Å². The molecule has 1 aromatic carbocycles. The SMILES string of the molecule is Cc1ccc(S(=O)(=O)NCCC(=O)N(C)Cc2ccccn2)c(C)c1. The molecule has 0 aliphatic carbocycles. The molecule has 0 bridgehead atoms. The molecule has 7 heteroatoms. The van der Waals surface area contributed by atoms with Gasteiger partial charge in [-0.25, -0.2) is 13.1 Å². The predicted octanol–water partition coefficient (Wildman–Crippen LogP) is 2.03. The molecule has 0 aliphatic heterocycles. The van der Waals surface area contributed by atoms with Crippen molar-refractivity contribution in [2.45, 2.75) is 31.7 Å². The van der Waals surface area contributed by atoms with E-state index in [0.29, 0.717) is 12.1 Å². The molecule has 6 nitrogen and oxygen atoms in total. The van der Waals surface area contributed by atoms with E-state index < -0.39 is 10.0 Å². The normalized spacial score (nSPS) is 11.3. The number of carbonyl (C=O) groups excluding carboxylic acids is 1. The second kappa shape index (κ2) is 8.22. The Morgan fingerprint density at radius 2 is 1.96 bits per heavy atom. The number of sulfonamides is 1. The summed E-state index contributed by atoms with van der Waals surface area (Å²) in [5.41, 5.74) is 2.48. The van der Waals surface area contributed by atoms with Gasteiger partial charge in [-0.1, -0.05) is 23.8 Å². The molecule has 0 atom stereocenters. The Labute approximate surface area is 148 Å². The smallest absolute Gasteiger partial charge is 0.240 e. The van der Waals surface area contributed by atoms with Gasteiger partial charge < -0.3 is 4.90 Å². The highest BCUT2D eigenvalue weighted by Gasteiger charge is 2.17. The number of amides is 1. The van der Waals surface area contributed by atoms with Gasteiger partial charge >= 0.3 is 0 Å². The highest BCUT2D eigenvalue weighted by Crippen LogP contribution is 2.16. The number of benzene rings is 1. The summed E-state index contributed by atoms with van der Waals surface area (Å²) in [6.07, 6.45) is 1.76. The van der Waals surface area contributed by atoms with Crippen molar-refractivity contribution < 1.29 is 13.2 Å². The maximum absolute atomic E-state index is 12.4. The fourth-order valence-electron chi connectivity index (χ4n) is 2.48. The minimum absolute atomic E-state index is 0.0566. The lowest BCUT2D eigenvalue weighted by molar-refractivity contribution is -0.130. The van der Waals surface area contributed by atoms with Crippen LogP contribution in [-0.4, -0.2) is 37.8 Å². The third kappa shape index (κ3) is 5.37. The Bertz CT molecular complexity index is 836. The molecule has 0 spiro atoms. The number of aryl methyl sites for hydroxylation is 2. The van der Waals surface area contributed by atoms with Crippen LogP contribution in [-0.2, 0) is 21.4 Å². The molecule has 25 heavy (non-hydrogen) atoms. The maximum Gasteiger partial charge on any atom is 0.240 e. The second-order valence-electron chi connectivity index (χ2n) is 5.99. The number of hydrogen-bond acceptors (Lipinski definition) is 4. The molecule has 0 radical (unpaired) electrons. The van der Waals surface area contributed by atoms with E-state index in [1.165, 1.54) is 4.90 Å². The summed E-state index contributed by atoms with van der Waals surface area (Å²) in [4.78, 5) is 18.1. The zero-order chi connectivity index (χ0) is 18.4. The van der Waals surface area contributed by atoms with E-state index in [9.17, 15) is 13.2 Å². The fraction of sp³-hybridized carbons (Fsp3) is 0.333. The van der Waals surface area contributed by atoms with Crippen LogP contribution in [0, 0.1) is 13.8 Å². The van der Waals surface area contributed by atoms with Crippen molar-refractivity contribution in [3.05, 3.63) is 59.4 Å². The molecule has 0 fully saturated rings. The van der Waals surface area contributed by atoms with Gasteiger partial charge in [-0.05, 0) is 37.6 Å². The summed E-state index contributed by atoms with van der Waals surface area (Å²) >= 11 is 0. The summed E-state index contributed by atoms with van der Waals surface area (Å²) in [7, 11) is -1.94. The van der Waals surface area contributed by atoms with E-state index in [-0.39, 0.29) is 23.8 Å². The number of rotatable bonds is 7. The summed E-state index contributed by atoms with van der Waals surface area (Å²) in [6, 6.07) is 10.7. The summed E-state index contributed by atoms with van der Waals surface area (Å²) in [6.45, 7) is 4.12. The topological polar surface area (TPSA) is 79.4 Å². The predicted molar refractivity (Wildman–Crippen MR) is 96.4 cm³/mol. The molecule has 1 amide bonds. The minimum Gasteiger partial charge on any atom is -0.340 e. The average Bonchev–Trinajstić information content (AvgIpc) is 2.55. The van der Waals surface area contributed by atoms with Crippen molar-refractivity contribution in [2.24, 2.45) is 0 Å². The van der Waals surface area contributed by atoms with E-state index in [1.807, 2.05) is 31.2 Å². The van der Waals surface area contributed by atoms with Gasteiger partial charge in [0.15, 0.2) is 0 Å². The van der Waals surface area contributed by atoms with Crippen molar-refractivity contribution in [1.82, 2.24) is 14.6 Å². The molecular weight excluding hydrogens is 338 g/mol. The molecule has 1 N–H and O–H groups in total. The molecule has 2 rings (SSSR count). The quantitative estimate of drug-likeness (QED) is 0.818. The van der Waals surface area contributed by atoms with Crippen molar-refractivity contribution in [1.29, 1.82) is 0 Å². The highest BCUT2D eigenvalue weighted by atomic mass is 32.2. The summed E-state index contributed by atoms with van der Waals surface area (Å²) in [5, 5.41) is 0. The number of hydrogen-bond donors (Lipinski definition) is 1. The highest BCUT2D eigenvalue weighted by molar-refractivity contribution is 7.89. The number of pyridine rings is 1. The van der Waals surface area contributed by atoms with Crippen LogP contribution in [0.15, 0.2) is 47.5 Å². The molecule has 134 valence electrons. The molecular formula is C18H23N3O3S. The van der Waals surface area contributed by atoms with Crippen LogP contribution in [0.1, 0.15) is 23.2 Å². The number of nitrogens with zero attached hydrogens (tertiary/aromatic N) is 2. The summed E-state index contributed by atoms with van der Waals surface area (Å²) < 4.78 is 27.2. The average molecular weight is 361 g/mol. The third-order valence-corrected chi connectivity index (χ3v) is 5.42. The van der Waals surface area contributed by atoms with Crippen LogP contribution < -0.4 is 4.72 Å². The van der Waals surface area contributed by atoms with Gasteiger partial charge in [0.2, 0.25) is 15.9 Å². The lowest BCUT2D eigenvalue weighted by Crippen LogP contribution is -2.32. The Balaban J connectivity index is 1.89. The summed E-state index contributed by atoms with van der Waals surface area (Å²) in [5.74, 6) is -0.144. The third-order valence-electron chi connectivity index (χ3n) is 3.80. The van der Waals surface area contributed by atoms with Crippen LogP contribution in [0.5, 0.6) is 0 Å².